The SMILES string of the molecule is CC1CCC2C(CCC3C2CCC2(C)C(C(=O)Cn4ncc(C(=O)O)n4)CCC32)C1. The Balaban J connectivity index is 1.30. The molecule has 4 fully saturated rings. The summed E-state index contributed by atoms with van der Waals surface area (Å²) in [5, 5.41) is 17.0. The third-order valence-corrected chi connectivity index (χ3v) is 9.66. The van der Waals surface area contributed by atoms with Crippen LogP contribution in [0.1, 0.15) is 82.1 Å². The van der Waals surface area contributed by atoms with E-state index in [1.807, 2.05) is 0 Å². The number of fused-ring (bicyclic) bond motifs is 5. The van der Waals surface area contributed by atoms with Gasteiger partial charge in [0.2, 0.25) is 0 Å². The van der Waals surface area contributed by atoms with Gasteiger partial charge >= 0.3 is 5.97 Å². The largest absolute Gasteiger partial charge is 0.476 e. The first-order chi connectivity index (χ1) is 14.4. The van der Waals surface area contributed by atoms with Gasteiger partial charge in [-0.2, -0.15) is 9.90 Å². The van der Waals surface area contributed by atoms with Crippen molar-refractivity contribution >= 4 is 11.8 Å². The number of aromatic nitrogens is 3. The van der Waals surface area contributed by atoms with Crippen molar-refractivity contribution in [3.05, 3.63) is 11.9 Å². The van der Waals surface area contributed by atoms with Crippen molar-refractivity contribution < 1.29 is 14.7 Å². The Morgan fingerprint density at radius 2 is 1.90 bits per heavy atom. The third-order valence-electron chi connectivity index (χ3n) is 9.66. The summed E-state index contributed by atoms with van der Waals surface area (Å²) in [5.41, 5.74) is -0.00657. The molecular weight excluding hydrogens is 378 g/mol. The highest BCUT2D eigenvalue weighted by atomic mass is 16.4. The van der Waals surface area contributed by atoms with Crippen LogP contribution in [0.25, 0.3) is 0 Å². The van der Waals surface area contributed by atoms with Crippen LogP contribution < -0.4 is 0 Å². The molecule has 4 saturated carbocycles. The number of aromatic carboxylic acids is 1. The number of hydrogen-bond donors (Lipinski definition) is 1. The van der Waals surface area contributed by atoms with E-state index in [9.17, 15) is 9.59 Å². The summed E-state index contributed by atoms with van der Waals surface area (Å²) in [5.74, 6) is 4.29. The van der Waals surface area contributed by atoms with Gasteiger partial charge in [-0.1, -0.05) is 20.3 Å². The van der Waals surface area contributed by atoms with E-state index in [1.54, 1.807) is 0 Å². The molecule has 1 heterocycles. The molecule has 8 unspecified atom stereocenters. The molecule has 164 valence electrons. The zero-order valence-corrected chi connectivity index (χ0v) is 18.3. The van der Waals surface area contributed by atoms with E-state index >= 15 is 0 Å². The minimum atomic E-state index is -1.10. The maximum absolute atomic E-state index is 13.2. The van der Waals surface area contributed by atoms with Crippen molar-refractivity contribution in [1.29, 1.82) is 0 Å². The second-order valence-electron chi connectivity index (χ2n) is 11.1. The normalized spacial score (nSPS) is 42.8. The Kier molecular flexibility index (Phi) is 5.02. The van der Waals surface area contributed by atoms with Crippen molar-refractivity contribution in [2.24, 2.45) is 46.8 Å². The van der Waals surface area contributed by atoms with Gasteiger partial charge in [-0.05, 0) is 92.3 Å². The fourth-order valence-electron chi connectivity index (χ4n) is 8.34. The Morgan fingerprint density at radius 3 is 2.67 bits per heavy atom. The van der Waals surface area contributed by atoms with Crippen LogP contribution in [-0.4, -0.2) is 31.9 Å². The third kappa shape index (κ3) is 3.21. The zero-order valence-electron chi connectivity index (χ0n) is 18.3. The molecule has 0 amide bonds. The number of rotatable bonds is 4. The van der Waals surface area contributed by atoms with Gasteiger partial charge in [0.25, 0.3) is 0 Å². The molecule has 0 aromatic carbocycles. The molecule has 1 aromatic rings. The van der Waals surface area contributed by atoms with E-state index < -0.39 is 5.97 Å². The molecule has 0 radical (unpaired) electrons. The maximum Gasteiger partial charge on any atom is 0.358 e. The minimum absolute atomic E-state index is 0.0619. The van der Waals surface area contributed by atoms with Crippen LogP contribution in [0.3, 0.4) is 0 Å². The van der Waals surface area contributed by atoms with E-state index in [-0.39, 0.29) is 29.4 Å². The van der Waals surface area contributed by atoms with Crippen molar-refractivity contribution in [2.75, 3.05) is 0 Å². The number of carbonyl (C=O) groups excluding carboxylic acids is 1. The van der Waals surface area contributed by atoms with Crippen LogP contribution >= 0.6 is 0 Å². The summed E-state index contributed by atoms with van der Waals surface area (Å²) in [6.07, 6.45) is 12.9. The van der Waals surface area contributed by atoms with Gasteiger partial charge in [-0.25, -0.2) is 4.79 Å². The average Bonchev–Trinajstić information content (AvgIpc) is 3.31. The number of carbonyl (C=O) groups is 2. The summed E-state index contributed by atoms with van der Waals surface area (Å²) < 4.78 is 0. The first-order valence-electron chi connectivity index (χ1n) is 12.0. The summed E-state index contributed by atoms with van der Waals surface area (Å²) in [4.78, 5) is 25.5. The molecular formula is C24H35N3O3. The molecule has 1 N–H and O–H groups in total. The van der Waals surface area contributed by atoms with Gasteiger partial charge in [0.1, 0.15) is 6.54 Å². The van der Waals surface area contributed by atoms with Gasteiger partial charge in [-0.3, -0.25) is 4.79 Å². The molecule has 30 heavy (non-hydrogen) atoms. The molecule has 0 aliphatic heterocycles. The number of carboxylic acids is 1. The van der Waals surface area contributed by atoms with Crippen LogP contribution in [0.2, 0.25) is 0 Å². The van der Waals surface area contributed by atoms with Crippen LogP contribution in [0.4, 0.5) is 0 Å². The highest BCUT2D eigenvalue weighted by molar-refractivity contribution is 5.85. The van der Waals surface area contributed by atoms with Crippen LogP contribution in [0, 0.1) is 46.8 Å². The van der Waals surface area contributed by atoms with Crippen molar-refractivity contribution in [3.8, 4) is 0 Å². The predicted molar refractivity (Wildman–Crippen MR) is 112 cm³/mol. The first-order valence-corrected chi connectivity index (χ1v) is 12.0. The topological polar surface area (TPSA) is 85.1 Å². The van der Waals surface area contributed by atoms with Gasteiger partial charge < -0.3 is 5.11 Å². The van der Waals surface area contributed by atoms with Gasteiger partial charge in [-0.15, -0.1) is 5.10 Å². The fourth-order valence-corrected chi connectivity index (χ4v) is 8.34. The van der Waals surface area contributed by atoms with Gasteiger partial charge in [0.15, 0.2) is 11.5 Å². The molecule has 8 atom stereocenters. The summed E-state index contributed by atoms with van der Waals surface area (Å²) in [7, 11) is 0. The lowest BCUT2D eigenvalue weighted by molar-refractivity contribution is -0.131. The van der Waals surface area contributed by atoms with Gasteiger partial charge in [0.05, 0.1) is 6.20 Å². The molecule has 6 nitrogen and oxygen atoms in total. The molecule has 0 saturated heterocycles. The highest BCUT2D eigenvalue weighted by Gasteiger charge is 2.58. The Morgan fingerprint density at radius 1 is 1.10 bits per heavy atom. The minimum Gasteiger partial charge on any atom is -0.476 e. The van der Waals surface area contributed by atoms with E-state index in [0.717, 1.165) is 36.0 Å². The molecule has 1 aromatic heterocycles. The van der Waals surface area contributed by atoms with Crippen LogP contribution in [0.5, 0.6) is 0 Å². The van der Waals surface area contributed by atoms with E-state index in [1.165, 1.54) is 62.4 Å². The molecule has 0 spiro atoms. The second-order valence-corrected chi connectivity index (χ2v) is 11.1. The Labute approximate surface area is 178 Å². The monoisotopic (exact) mass is 413 g/mol. The van der Waals surface area contributed by atoms with E-state index in [0.29, 0.717) is 5.92 Å². The molecule has 4 aliphatic carbocycles. The molecule has 6 heteroatoms. The average molecular weight is 414 g/mol. The number of ketones is 1. The second kappa shape index (κ2) is 7.45. The first kappa shape index (κ1) is 20.2. The standard InChI is InChI=1S/C24H35N3O3/c1-14-3-5-16-15(11-14)4-6-18-17(16)9-10-24(2)19(18)7-8-20(24)22(28)13-27-25-12-21(26-27)23(29)30/h12,14-20H,3-11,13H2,1-2H3,(H,29,30). The highest BCUT2D eigenvalue weighted by Crippen LogP contribution is 2.64. The molecule has 4 aliphatic rings. The number of nitrogens with zero attached hydrogens (tertiary/aromatic N) is 3. The summed E-state index contributed by atoms with van der Waals surface area (Å²) in [6.45, 7) is 4.90. The smallest absolute Gasteiger partial charge is 0.358 e. The Bertz CT molecular complexity index is 835. The number of carboxylic acid groups (broad SMARTS) is 1. The summed E-state index contributed by atoms with van der Waals surface area (Å²) in [6, 6.07) is 0. The Hall–Kier alpha value is -1.72. The zero-order chi connectivity index (χ0) is 21.0. The van der Waals surface area contributed by atoms with Crippen LogP contribution in [-0.2, 0) is 11.3 Å². The maximum atomic E-state index is 13.2. The van der Waals surface area contributed by atoms with Crippen molar-refractivity contribution in [3.63, 3.8) is 0 Å². The quantitative estimate of drug-likeness (QED) is 0.788. The van der Waals surface area contributed by atoms with Crippen molar-refractivity contribution in [1.82, 2.24) is 15.0 Å². The molecule has 5 rings (SSSR count). The lowest BCUT2D eigenvalue weighted by Gasteiger charge is -2.56. The lowest BCUT2D eigenvalue weighted by Crippen LogP contribution is -2.49. The predicted octanol–water partition coefficient (Wildman–Crippen LogP) is 4.45. The van der Waals surface area contributed by atoms with E-state index in [4.69, 9.17) is 5.11 Å². The lowest BCUT2D eigenvalue weighted by atomic mass is 9.49. The van der Waals surface area contributed by atoms with Crippen LogP contribution in [0.15, 0.2) is 6.20 Å². The van der Waals surface area contributed by atoms with Gasteiger partial charge in [0, 0.05) is 5.92 Å². The van der Waals surface area contributed by atoms with E-state index in [2.05, 4.69) is 24.0 Å². The fraction of sp³-hybridized carbons (Fsp3) is 0.833. The van der Waals surface area contributed by atoms with Crippen molar-refractivity contribution in [2.45, 2.75) is 78.2 Å². The summed E-state index contributed by atoms with van der Waals surface area (Å²) >= 11 is 0. The number of hydrogen-bond acceptors (Lipinski definition) is 4. The molecule has 0 bridgehead atoms. The number of Topliss-reactive ketones (excluding diaryl/α,β-unsaturated/α-hetero) is 1.